The first-order valence-corrected chi connectivity index (χ1v) is 10.1. The average molecular weight is 357 g/mol. The minimum Gasteiger partial charge on any atom is -0.449 e. The highest BCUT2D eigenvalue weighted by molar-refractivity contribution is 6.03. The topological polar surface area (TPSA) is 53.9 Å². The number of fused-ring (bicyclic) bond motifs is 1. The number of hydrogen-bond donors (Lipinski definition) is 1. The Morgan fingerprint density at radius 1 is 1.35 bits per heavy atom. The van der Waals surface area contributed by atoms with Gasteiger partial charge in [-0.15, -0.1) is 0 Å². The van der Waals surface area contributed by atoms with E-state index in [0.29, 0.717) is 31.6 Å². The maximum Gasteiger partial charge on any atom is 0.416 e. The molecular weight excluding hydrogens is 326 g/mol. The number of nitrogens with one attached hydrogen (secondary N) is 1. The van der Waals surface area contributed by atoms with E-state index in [2.05, 4.69) is 42.4 Å². The molecule has 1 amide bonds. The number of benzene rings is 1. The number of anilines is 1. The van der Waals surface area contributed by atoms with Gasteiger partial charge in [0.1, 0.15) is 0 Å². The molecule has 5 heteroatoms. The summed E-state index contributed by atoms with van der Waals surface area (Å²) in [4.78, 5) is 18.7. The number of hydrogen-bond acceptors (Lipinski definition) is 4. The first-order valence-electron chi connectivity index (χ1n) is 10.1. The van der Waals surface area contributed by atoms with E-state index >= 15 is 0 Å². The molecule has 1 aliphatic heterocycles. The Morgan fingerprint density at radius 3 is 3.04 bits per heavy atom. The molecule has 0 saturated heterocycles. The minimum absolute atomic E-state index is 0.281. The van der Waals surface area contributed by atoms with Gasteiger partial charge in [-0.05, 0) is 48.8 Å². The Morgan fingerprint density at radius 2 is 2.23 bits per heavy atom. The van der Waals surface area contributed by atoms with E-state index in [1.807, 2.05) is 0 Å². The van der Waals surface area contributed by atoms with E-state index in [1.54, 1.807) is 4.90 Å². The molecule has 0 spiro atoms. The lowest BCUT2D eigenvalue weighted by atomic mass is 10.0. The van der Waals surface area contributed by atoms with Gasteiger partial charge in [-0.25, -0.2) is 9.69 Å². The fourth-order valence-corrected chi connectivity index (χ4v) is 3.75. The van der Waals surface area contributed by atoms with Gasteiger partial charge in [-0.1, -0.05) is 45.2 Å². The van der Waals surface area contributed by atoms with Crippen molar-refractivity contribution in [3.63, 3.8) is 0 Å². The highest BCUT2D eigenvalue weighted by Gasteiger charge is 2.27. The maximum absolute atomic E-state index is 12.6. The highest BCUT2D eigenvalue weighted by Crippen LogP contribution is 2.29. The molecule has 1 heterocycles. The lowest BCUT2D eigenvalue weighted by Crippen LogP contribution is -2.39. The third kappa shape index (κ3) is 4.37. The van der Waals surface area contributed by atoms with Gasteiger partial charge in [-0.2, -0.15) is 0 Å². The monoisotopic (exact) mass is 357 g/mol. The van der Waals surface area contributed by atoms with E-state index in [9.17, 15) is 4.79 Å². The molecule has 1 N–H and O–H groups in total. The number of carbonyl (C=O) groups excluding carboxylic acids is 1. The Bertz CT molecular complexity index is 657. The average Bonchev–Trinajstić information content (AvgIpc) is 3.31. The van der Waals surface area contributed by atoms with Crippen LogP contribution in [0.4, 0.5) is 10.5 Å². The molecule has 1 aromatic carbocycles. The molecule has 1 atom stereocenters. The second-order valence-electron chi connectivity index (χ2n) is 7.27. The fraction of sp³-hybridized carbons (Fsp3) is 0.619. The van der Waals surface area contributed by atoms with Crippen LogP contribution in [0.2, 0.25) is 0 Å². The van der Waals surface area contributed by atoms with Crippen molar-refractivity contribution in [2.45, 2.75) is 58.8 Å². The van der Waals surface area contributed by atoms with Crippen LogP contribution < -0.4 is 5.32 Å². The molecule has 0 radical (unpaired) electrons. The zero-order valence-electron chi connectivity index (χ0n) is 16.1. The van der Waals surface area contributed by atoms with Gasteiger partial charge in [-0.3, -0.25) is 4.99 Å². The van der Waals surface area contributed by atoms with Gasteiger partial charge in [0.2, 0.25) is 5.96 Å². The van der Waals surface area contributed by atoms with Crippen LogP contribution in [0.25, 0.3) is 0 Å². The summed E-state index contributed by atoms with van der Waals surface area (Å²) in [5.74, 6) is 1.07. The second-order valence-corrected chi connectivity index (χ2v) is 7.27. The summed E-state index contributed by atoms with van der Waals surface area (Å²) in [5.41, 5.74) is 3.85. The summed E-state index contributed by atoms with van der Waals surface area (Å²) in [5, 5.41) is 3.38. The molecule has 0 bridgehead atoms. The third-order valence-electron chi connectivity index (χ3n) is 5.44. The molecule has 0 saturated carbocycles. The molecule has 1 unspecified atom stereocenters. The largest absolute Gasteiger partial charge is 0.449 e. The molecule has 5 nitrogen and oxygen atoms in total. The van der Waals surface area contributed by atoms with Crippen molar-refractivity contribution >= 4 is 17.7 Å². The van der Waals surface area contributed by atoms with Crippen molar-refractivity contribution < 1.29 is 9.53 Å². The lowest BCUT2D eigenvalue weighted by Gasteiger charge is -2.22. The van der Waals surface area contributed by atoms with Crippen LogP contribution in [0, 0.1) is 5.92 Å². The number of aryl methyl sites for hydroxylation is 1. The summed E-state index contributed by atoms with van der Waals surface area (Å²) in [6.07, 6.45) is 7.67. The van der Waals surface area contributed by atoms with Crippen LogP contribution >= 0.6 is 0 Å². The molecule has 1 aromatic rings. The fourth-order valence-electron chi connectivity index (χ4n) is 3.75. The van der Waals surface area contributed by atoms with Crippen molar-refractivity contribution in [2.24, 2.45) is 10.9 Å². The van der Waals surface area contributed by atoms with Crippen LogP contribution in [0.3, 0.4) is 0 Å². The van der Waals surface area contributed by atoms with Crippen LogP contribution in [-0.2, 0) is 17.6 Å². The van der Waals surface area contributed by atoms with Gasteiger partial charge in [0.05, 0.1) is 19.7 Å². The number of guanidine groups is 1. The molecule has 0 aromatic heterocycles. The molecular formula is C21H31N3O2. The summed E-state index contributed by atoms with van der Waals surface area (Å²) >= 11 is 0. The number of carbonyl (C=O) groups is 1. The van der Waals surface area contributed by atoms with Gasteiger partial charge in [0.15, 0.2) is 0 Å². The number of ether oxygens (including phenoxy) is 1. The molecule has 2 aliphatic rings. The third-order valence-corrected chi connectivity index (χ3v) is 5.44. The van der Waals surface area contributed by atoms with Gasteiger partial charge in [0.25, 0.3) is 0 Å². The number of nitrogens with zero attached hydrogens (tertiary/aromatic N) is 2. The summed E-state index contributed by atoms with van der Waals surface area (Å²) in [7, 11) is 0. The summed E-state index contributed by atoms with van der Waals surface area (Å²) in [6, 6.07) is 6.34. The SMILES string of the molecule is CCCCC(CC)COC(=O)N1CCN=C1Nc1cccc2c1CCC2. The number of rotatable bonds is 7. The van der Waals surface area contributed by atoms with Crippen LogP contribution in [0.5, 0.6) is 0 Å². The van der Waals surface area contributed by atoms with Crippen molar-refractivity contribution in [2.75, 3.05) is 25.0 Å². The Hall–Kier alpha value is -2.04. The van der Waals surface area contributed by atoms with E-state index < -0.39 is 0 Å². The Labute approximate surface area is 156 Å². The summed E-state index contributed by atoms with van der Waals surface area (Å²) < 4.78 is 5.60. The van der Waals surface area contributed by atoms with E-state index in [0.717, 1.165) is 31.4 Å². The maximum atomic E-state index is 12.6. The van der Waals surface area contributed by atoms with E-state index in [-0.39, 0.29) is 6.09 Å². The van der Waals surface area contributed by atoms with Gasteiger partial charge >= 0.3 is 6.09 Å². The highest BCUT2D eigenvalue weighted by atomic mass is 16.6. The summed E-state index contributed by atoms with van der Waals surface area (Å²) in [6.45, 7) is 6.06. The van der Waals surface area contributed by atoms with Crippen LogP contribution in [0.1, 0.15) is 57.1 Å². The number of aliphatic imine (C=N–C) groups is 1. The van der Waals surface area contributed by atoms with Gasteiger partial charge in [0, 0.05) is 5.69 Å². The van der Waals surface area contributed by atoms with Crippen molar-refractivity contribution in [3.8, 4) is 0 Å². The van der Waals surface area contributed by atoms with E-state index in [4.69, 9.17) is 4.74 Å². The first-order chi connectivity index (χ1) is 12.7. The van der Waals surface area contributed by atoms with Crippen molar-refractivity contribution in [1.82, 2.24) is 4.90 Å². The normalized spacial score (nSPS) is 17.0. The predicted octanol–water partition coefficient (Wildman–Crippen LogP) is 4.61. The van der Waals surface area contributed by atoms with Crippen molar-refractivity contribution in [3.05, 3.63) is 29.3 Å². The number of amides is 1. The first kappa shape index (κ1) is 18.7. The zero-order chi connectivity index (χ0) is 18.4. The van der Waals surface area contributed by atoms with Gasteiger partial charge < -0.3 is 10.1 Å². The smallest absolute Gasteiger partial charge is 0.416 e. The van der Waals surface area contributed by atoms with Crippen LogP contribution in [0.15, 0.2) is 23.2 Å². The van der Waals surface area contributed by atoms with Crippen LogP contribution in [-0.4, -0.2) is 36.6 Å². The molecule has 142 valence electrons. The standard InChI is InChI=1S/C21H31N3O2/c1-3-5-8-16(4-2)15-26-21(25)24-14-13-22-20(24)23-19-12-7-10-17-9-6-11-18(17)19/h7,10,12,16H,3-6,8-9,11,13-15H2,1-2H3,(H,22,23). The molecule has 26 heavy (non-hydrogen) atoms. The Kier molecular flexibility index (Phi) is 6.53. The van der Waals surface area contributed by atoms with Crippen molar-refractivity contribution in [1.29, 1.82) is 0 Å². The Balaban J connectivity index is 1.58. The molecule has 0 fully saturated rings. The zero-order valence-corrected chi connectivity index (χ0v) is 16.1. The quantitative estimate of drug-likeness (QED) is 0.775. The number of unbranched alkanes of at least 4 members (excludes halogenated alkanes) is 1. The second kappa shape index (κ2) is 9.06. The predicted molar refractivity (Wildman–Crippen MR) is 106 cm³/mol. The lowest BCUT2D eigenvalue weighted by molar-refractivity contribution is 0.104. The van der Waals surface area contributed by atoms with E-state index in [1.165, 1.54) is 30.4 Å². The molecule has 1 aliphatic carbocycles. The molecule has 3 rings (SSSR count). The minimum atomic E-state index is -0.281.